The van der Waals surface area contributed by atoms with Crippen LogP contribution in [0.25, 0.3) is 0 Å². The largest absolute Gasteiger partial charge is 0.454 e. The smallest absolute Gasteiger partial charge is 0.325 e. The molecule has 3 atom stereocenters. The summed E-state index contributed by atoms with van der Waals surface area (Å²) in [5, 5.41) is 5.43. The molecule has 0 radical (unpaired) electrons. The molecule has 2 N–H and O–H groups in total. The van der Waals surface area contributed by atoms with Crippen LogP contribution < -0.4 is 15.5 Å². The number of anilines is 1. The summed E-state index contributed by atoms with van der Waals surface area (Å²) in [4.78, 5) is 49.7. The molecule has 1 aromatic rings. The third-order valence-corrected chi connectivity index (χ3v) is 6.33. The first-order valence-corrected chi connectivity index (χ1v) is 11.0. The summed E-state index contributed by atoms with van der Waals surface area (Å²) in [5.41, 5.74) is 1.13. The summed E-state index contributed by atoms with van der Waals surface area (Å²) >= 11 is 0. The van der Waals surface area contributed by atoms with Crippen molar-refractivity contribution in [1.29, 1.82) is 0 Å². The number of amides is 3. The van der Waals surface area contributed by atoms with E-state index in [1.165, 1.54) is 6.42 Å². The third kappa shape index (κ3) is 6.06. The zero-order valence-electron chi connectivity index (χ0n) is 18.2. The summed E-state index contributed by atoms with van der Waals surface area (Å²) < 4.78 is 4.98. The van der Waals surface area contributed by atoms with Gasteiger partial charge < -0.3 is 20.3 Å². The Morgan fingerprint density at radius 1 is 1.10 bits per heavy atom. The van der Waals surface area contributed by atoms with Crippen molar-refractivity contribution in [1.82, 2.24) is 10.6 Å². The summed E-state index contributed by atoms with van der Waals surface area (Å²) in [6, 6.07) is 6.76. The summed E-state index contributed by atoms with van der Waals surface area (Å²) in [5.74, 6) is -0.392. The van der Waals surface area contributed by atoms with Gasteiger partial charge in [0.1, 0.15) is 6.54 Å². The molecule has 2 aliphatic rings. The Bertz CT molecular complexity index is 823. The number of benzene rings is 1. The van der Waals surface area contributed by atoms with Crippen molar-refractivity contribution < 1.29 is 23.9 Å². The van der Waals surface area contributed by atoms with Gasteiger partial charge in [-0.25, -0.2) is 0 Å². The molecule has 0 bridgehead atoms. The van der Waals surface area contributed by atoms with Crippen molar-refractivity contribution in [3.8, 4) is 0 Å². The van der Waals surface area contributed by atoms with Crippen LogP contribution >= 0.6 is 0 Å². The second kappa shape index (κ2) is 10.4. The number of nitrogens with zero attached hydrogens (tertiary/aromatic N) is 1. The number of carbonyl (C=O) groups is 4. The highest BCUT2D eigenvalue weighted by molar-refractivity contribution is 5.98. The lowest BCUT2D eigenvalue weighted by Gasteiger charge is -2.34. The standard InChI is InChI=1S/C23H31N3O5/c1-15-5-3-6-19(16(15)2)25-20(27)14-31-22(29)13-24-23(30)17-8-10-18(11-9-17)26-12-4-7-21(26)28/h8-11,15-16,19H,3-7,12-14H2,1-2H3,(H,24,30)(H,25,27)/t15-,16+,19-/m0/s1. The van der Waals surface area contributed by atoms with Crippen molar-refractivity contribution in [3.05, 3.63) is 29.8 Å². The minimum Gasteiger partial charge on any atom is -0.454 e. The number of ether oxygens (including phenoxy) is 1. The molecule has 1 aromatic carbocycles. The lowest BCUT2D eigenvalue weighted by atomic mass is 9.78. The molecule has 2 fully saturated rings. The Labute approximate surface area is 182 Å². The van der Waals surface area contributed by atoms with Crippen molar-refractivity contribution >= 4 is 29.4 Å². The zero-order chi connectivity index (χ0) is 22.4. The van der Waals surface area contributed by atoms with E-state index >= 15 is 0 Å². The van der Waals surface area contributed by atoms with E-state index in [-0.39, 0.29) is 31.0 Å². The average Bonchev–Trinajstić information content (AvgIpc) is 3.19. The second-order valence-electron chi connectivity index (χ2n) is 8.48. The topological polar surface area (TPSA) is 105 Å². The molecule has 0 unspecified atom stereocenters. The highest BCUT2D eigenvalue weighted by Crippen LogP contribution is 2.29. The van der Waals surface area contributed by atoms with Crippen LogP contribution in [-0.2, 0) is 19.1 Å². The van der Waals surface area contributed by atoms with E-state index in [4.69, 9.17) is 4.74 Å². The van der Waals surface area contributed by atoms with Crippen LogP contribution in [-0.4, -0.2) is 49.4 Å². The Morgan fingerprint density at radius 2 is 1.84 bits per heavy atom. The van der Waals surface area contributed by atoms with Gasteiger partial charge in [0, 0.05) is 30.3 Å². The third-order valence-electron chi connectivity index (χ3n) is 6.33. The van der Waals surface area contributed by atoms with Crippen molar-refractivity contribution in [2.24, 2.45) is 11.8 Å². The van der Waals surface area contributed by atoms with E-state index in [1.807, 2.05) is 0 Å². The molecule has 0 aromatic heterocycles. The van der Waals surface area contributed by atoms with Gasteiger partial charge in [-0.2, -0.15) is 0 Å². The number of nitrogens with one attached hydrogen (secondary N) is 2. The molecule has 1 aliphatic carbocycles. The van der Waals surface area contributed by atoms with E-state index < -0.39 is 11.9 Å². The van der Waals surface area contributed by atoms with Gasteiger partial charge in [-0.1, -0.05) is 26.7 Å². The maximum atomic E-state index is 12.2. The molecule has 3 amide bonds. The van der Waals surface area contributed by atoms with E-state index in [0.29, 0.717) is 30.4 Å². The van der Waals surface area contributed by atoms with Crippen LogP contribution in [0.5, 0.6) is 0 Å². The molecular weight excluding hydrogens is 398 g/mol. The first-order valence-electron chi connectivity index (χ1n) is 11.0. The maximum Gasteiger partial charge on any atom is 0.325 e. The number of hydrogen-bond donors (Lipinski definition) is 2. The van der Waals surface area contributed by atoms with Gasteiger partial charge in [0.05, 0.1) is 0 Å². The van der Waals surface area contributed by atoms with Crippen molar-refractivity contribution in [3.63, 3.8) is 0 Å². The summed E-state index contributed by atoms with van der Waals surface area (Å²) in [6.45, 7) is 4.32. The van der Waals surface area contributed by atoms with Crippen LogP contribution in [0.3, 0.4) is 0 Å². The molecule has 1 saturated carbocycles. The number of hydrogen-bond acceptors (Lipinski definition) is 5. The van der Waals surface area contributed by atoms with Gasteiger partial charge in [-0.15, -0.1) is 0 Å². The first kappa shape index (κ1) is 22.8. The van der Waals surface area contributed by atoms with E-state index in [0.717, 1.165) is 24.9 Å². The van der Waals surface area contributed by atoms with Gasteiger partial charge in [0.2, 0.25) is 5.91 Å². The SMILES string of the molecule is C[C@H]1[C@@H](NC(=O)COC(=O)CNC(=O)c2ccc(N3CCCC3=O)cc2)CCC[C@@H]1C. The Hall–Kier alpha value is -2.90. The molecule has 1 saturated heterocycles. The van der Waals surface area contributed by atoms with Gasteiger partial charge in [-0.05, 0) is 48.9 Å². The minimum absolute atomic E-state index is 0.0800. The highest BCUT2D eigenvalue weighted by Gasteiger charge is 2.28. The fraction of sp³-hybridized carbons (Fsp3) is 0.565. The summed E-state index contributed by atoms with van der Waals surface area (Å²) in [6.07, 6.45) is 4.56. The Balaban J connectivity index is 1.38. The van der Waals surface area contributed by atoms with Gasteiger partial charge in [-0.3, -0.25) is 19.2 Å². The van der Waals surface area contributed by atoms with Gasteiger partial charge >= 0.3 is 5.97 Å². The van der Waals surface area contributed by atoms with Crippen LogP contribution in [0.4, 0.5) is 5.69 Å². The first-order chi connectivity index (χ1) is 14.8. The molecule has 8 nitrogen and oxygen atoms in total. The Morgan fingerprint density at radius 3 is 2.52 bits per heavy atom. The fourth-order valence-corrected chi connectivity index (χ4v) is 4.20. The Kier molecular flexibility index (Phi) is 7.65. The van der Waals surface area contributed by atoms with E-state index in [1.54, 1.807) is 29.2 Å². The van der Waals surface area contributed by atoms with Crippen LogP contribution in [0.15, 0.2) is 24.3 Å². The van der Waals surface area contributed by atoms with Gasteiger partial charge in [0.25, 0.3) is 11.8 Å². The number of rotatable bonds is 7. The lowest BCUT2D eigenvalue weighted by Crippen LogP contribution is -2.45. The van der Waals surface area contributed by atoms with Crippen LogP contribution in [0, 0.1) is 11.8 Å². The second-order valence-corrected chi connectivity index (χ2v) is 8.48. The number of carbonyl (C=O) groups excluding carboxylic acids is 4. The van der Waals surface area contributed by atoms with Gasteiger partial charge in [0.15, 0.2) is 6.61 Å². The molecule has 8 heteroatoms. The predicted molar refractivity (Wildman–Crippen MR) is 115 cm³/mol. The quantitative estimate of drug-likeness (QED) is 0.646. The molecule has 0 spiro atoms. The minimum atomic E-state index is -0.673. The van der Waals surface area contributed by atoms with Crippen molar-refractivity contribution in [2.75, 3.05) is 24.6 Å². The number of esters is 1. The monoisotopic (exact) mass is 429 g/mol. The van der Waals surface area contributed by atoms with E-state index in [9.17, 15) is 19.2 Å². The molecule has 1 aliphatic heterocycles. The normalized spacial score (nSPS) is 23.4. The molecular formula is C23H31N3O5. The fourth-order valence-electron chi connectivity index (χ4n) is 4.20. The molecule has 31 heavy (non-hydrogen) atoms. The van der Waals surface area contributed by atoms with Crippen LogP contribution in [0.2, 0.25) is 0 Å². The molecule has 168 valence electrons. The molecule has 1 heterocycles. The predicted octanol–water partition coefficient (Wildman–Crippen LogP) is 2.03. The maximum absolute atomic E-state index is 12.2. The van der Waals surface area contributed by atoms with Crippen LogP contribution in [0.1, 0.15) is 56.3 Å². The average molecular weight is 430 g/mol. The highest BCUT2D eigenvalue weighted by atomic mass is 16.5. The summed E-state index contributed by atoms with van der Waals surface area (Å²) in [7, 11) is 0. The molecule has 3 rings (SSSR count). The zero-order valence-corrected chi connectivity index (χ0v) is 18.2. The lowest BCUT2D eigenvalue weighted by molar-refractivity contribution is -0.147. The van der Waals surface area contributed by atoms with E-state index in [2.05, 4.69) is 24.5 Å². The van der Waals surface area contributed by atoms with Crippen molar-refractivity contribution in [2.45, 2.75) is 52.0 Å².